The predicted octanol–water partition coefficient (Wildman–Crippen LogP) is 4.15. The minimum absolute atomic E-state index is 0.0223. The van der Waals surface area contributed by atoms with Gasteiger partial charge in [0.25, 0.3) is 5.91 Å². The molecule has 162 valence electrons. The number of amides is 1. The normalized spacial score (nSPS) is 12.8. The Balaban J connectivity index is 1.90. The van der Waals surface area contributed by atoms with Crippen LogP contribution in [0.25, 0.3) is 0 Å². The fourth-order valence-electron chi connectivity index (χ4n) is 2.71. The Kier molecular flexibility index (Phi) is 6.77. The monoisotopic (exact) mass is 461 g/mol. The number of nitrogens with zero attached hydrogens (tertiary/aromatic N) is 3. The molecule has 0 saturated carbocycles. The zero-order valence-corrected chi connectivity index (χ0v) is 18.7. The van der Waals surface area contributed by atoms with Crippen LogP contribution in [0.2, 0.25) is 5.02 Å². The van der Waals surface area contributed by atoms with Crippen molar-refractivity contribution < 1.29 is 17.9 Å². The SMILES string of the molecule is CC(C)Oc1ccc(S(=O)(=[OH+])Nc2cc(Cl)cnc2C(=O)N(C)c2ccncc2)cc1. The highest BCUT2D eigenvalue weighted by Gasteiger charge is 2.26. The van der Waals surface area contributed by atoms with E-state index in [1.807, 2.05) is 13.8 Å². The molecule has 10 heteroatoms. The summed E-state index contributed by atoms with van der Waals surface area (Å²) >= 11 is 6.04. The van der Waals surface area contributed by atoms with E-state index in [1.54, 1.807) is 43.7 Å². The van der Waals surface area contributed by atoms with Crippen LogP contribution in [0.3, 0.4) is 0 Å². The molecule has 8 nitrogen and oxygen atoms in total. The van der Waals surface area contributed by atoms with Crippen molar-refractivity contribution in [3.8, 4) is 5.75 Å². The van der Waals surface area contributed by atoms with Crippen LogP contribution in [0.4, 0.5) is 11.4 Å². The van der Waals surface area contributed by atoms with Crippen molar-refractivity contribution in [3.63, 3.8) is 0 Å². The van der Waals surface area contributed by atoms with E-state index < -0.39 is 15.9 Å². The van der Waals surface area contributed by atoms with Crippen molar-refractivity contribution in [1.82, 2.24) is 9.97 Å². The van der Waals surface area contributed by atoms with Crippen molar-refractivity contribution in [3.05, 3.63) is 71.8 Å². The van der Waals surface area contributed by atoms with Gasteiger partial charge in [-0.05, 0) is 56.3 Å². The van der Waals surface area contributed by atoms with E-state index in [4.69, 9.17) is 16.3 Å². The van der Waals surface area contributed by atoms with Gasteiger partial charge in [-0.2, -0.15) is 4.21 Å². The van der Waals surface area contributed by atoms with Crippen molar-refractivity contribution in [1.29, 1.82) is 0 Å². The molecule has 3 aromatic rings. The summed E-state index contributed by atoms with van der Waals surface area (Å²) in [5.41, 5.74) is 0.576. The molecule has 0 spiro atoms. The van der Waals surface area contributed by atoms with E-state index in [1.165, 1.54) is 29.3 Å². The molecule has 0 fully saturated rings. The van der Waals surface area contributed by atoms with Gasteiger partial charge in [-0.1, -0.05) is 11.6 Å². The average molecular weight is 462 g/mol. The topological polar surface area (TPSA) is 106 Å². The van der Waals surface area contributed by atoms with Gasteiger partial charge >= 0.3 is 10.0 Å². The second kappa shape index (κ2) is 9.32. The number of carbonyl (C=O) groups excluding carboxylic acids is 1. The summed E-state index contributed by atoms with van der Waals surface area (Å²) in [6, 6.07) is 10.9. The van der Waals surface area contributed by atoms with Crippen LogP contribution in [0.5, 0.6) is 5.75 Å². The number of rotatable bonds is 7. The van der Waals surface area contributed by atoms with Gasteiger partial charge in [0.15, 0.2) is 5.69 Å². The van der Waals surface area contributed by atoms with Crippen LogP contribution < -0.4 is 14.4 Å². The third-order valence-corrected chi connectivity index (χ3v) is 5.79. The maximum Gasteiger partial charge on any atom is 0.396 e. The Hall–Kier alpha value is -3.17. The number of halogens is 1. The van der Waals surface area contributed by atoms with Gasteiger partial charge in [0.1, 0.15) is 10.6 Å². The quantitative estimate of drug-likeness (QED) is 0.532. The Labute approximate surface area is 185 Å². The smallest absolute Gasteiger partial charge is 0.396 e. The third-order valence-electron chi connectivity index (χ3n) is 4.17. The molecule has 1 unspecified atom stereocenters. The lowest BCUT2D eigenvalue weighted by Gasteiger charge is -2.18. The summed E-state index contributed by atoms with van der Waals surface area (Å²) in [4.78, 5) is 22.5. The molecule has 0 saturated heterocycles. The maximum absolute atomic E-state index is 13.0. The fraction of sp³-hybridized carbons (Fsp3) is 0.190. The van der Waals surface area contributed by atoms with E-state index in [2.05, 4.69) is 14.7 Å². The minimum atomic E-state index is -3.76. The number of pyridine rings is 2. The zero-order valence-electron chi connectivity index (χ0n) is 17.2. The lowest BCUT2D eigenvalue weighted by molar-refractivity contribution is 0.0989. The highest BCUT2D eigenvalue weighted by Crippen LogP contribution is 2.25. The first-order valence-electron chi connectivity index (χ1n) is 9.32. The molecule has 0 aliphatic rings. The molecule has 1 aromatic carbocycles. The van der Waals surface area contributed by atoms with Crippen molar-refractivity contribution in [2.45, 2.75) is 24.8 Å². The number of ether oxygens (including phenoxy) is 1. The predicted molar refractivity (Wildman–Crippen MR) is 120 cm³/mol. The summed E-state index contributed by atoms with van der Waals surface area (Å²) in [7, 11) is -2.19. The largest absolute Gasteiger partial charge is 0.491 e. The number of carbonyl (C=O) groups is 1. The van der Waals surface area contributed by atoms with Gasteiger partial charge in [-0.3, -0.25) is 9.78 Å². The maximum atomic E-state index is 13.0. The molecule has 0 bridgehead atoms. The van der Waals surface area contributed by atoms with Crippen LogP contribution in [-0.4, -0.2) is 37.4 Å². The van der Waals surface area contributed by atoms with Gasteiger partial charge in [0.05, 0.1) is 16.8 Å². The van der Waals surface area contributed by atoms with Crippen LogP contribution in [-0.2, 0) is 10.0 Å². The summed E-state index contributed by atoms with van der Waals surface area (Å²) in [5, 5.41) is 0.210. The van der Waals surface area contributed by atoms with Gasteiger partial charge in [-0.15, -0.1) is 0 Å². The van der Waals surface area contributed by atoms with Gasteiger partial charge in [-0.25, -0.2) is 13.9 Å². The standard InChI is InChI=1S/C21H21ClN4O4S/c1-14(2)30-17-4-6-18(7-5-17)31(28,29)25-19-12-15(22)13-24-20(19)21(27)26(3)16-8-10-23-11-9-16/h4-14H,1-3H3,(H,25,28,29)/p+1. The first-order valence-corrected chi connectivity index (χ1v) is 11.2. The molecule has 2 N–H and O–H groups in total. The van der Waals surface area contributed by atoms with E-state index >= 15 is 0 Å². The second-order valence-corrected chi connectivity index (χ2v) is 9.05. The molecular formula is C21H22ClN4O4S+. The molecule has 1 amide bonds. The van der Waals surface area contributed by atoms with E-state index in [-0.39, 0.29) is 27.4 Å². The van der Waals surface area contributed by atoms with Crippen LogP contribution in [0, 0.1) is 0 Å². The first-order chi connectivity index (χ1) is 14.7. The molecule has 3 rings (SSSR count). The highest BCUT2D eigenvalue weighted by atomic mass is 35.5. The second-order valence-electron chi connectivity index (χ2n) is 6.89. The van der Waals surface area contributed by atoms with E-state index in [0.29, 0.717) is 11.4 Å². The highest BCUT2D eigenvalue weighted by molar-refractivity contribution is 7.92. The number of hydrogen-bond donors (Lipinski definition) is 1. The number of aromatic nitrogens is 2. The average Bonchev–Trinajstić information content (AvgIpc) is 2.73. The Morgan fingerprint density at radius 2 is 1.84 bits per heavy atom. The fourth-order valence-corrected chi connectivity index (χ4v) is 3.95. The van der Waals surface area contributed by atoms with Crippen molar-refractivity contribution >= 4 is 38.9 Å². The number of hydrogen-bond acceptors (Lipinski definition) is 5. The summed E-state index contributed by atoms with van der Waals surface area (Å²) in [6.07, 6.45) is 4.39. The van der Waals surface area contributed by atoms with Crippen LogP contribution >= 0.6 is 11.6 Å². The van der Waals surface area contributed by atoms with E-state index in [9.17, 15) is 13.2 Å². The number of nitrogens with one attached hydrogen (secondary N) is 1. The molecular weight excluding hydrogens is 440 g/mol. The molecule has 0 aliphatic heterocycles. The summed E-state index contributed by atoms with van der Waals surface area (Å²) < 4.78 is 31.7. The molecule has 0 aliphatic carbocycles. The van der Waals surface area contributed by atoms with Gasteiger partial charge in [0.2, 0.25) is 0 Å². The molecule has 1 atom stereocenters. The summed E-state index contributed by atoms with van der Waals surface area (Å²) in [6.45, 7) is 3.77. The Morgan fingerprint density at radius 3 is 2.45 bits per heavy atom. The van der Waals surface area contributed by atoms with Gasteiger partial charge < -0.3 is 9.64 Å². The molecule has 0 radical (unpaired) electrons. The van der Waals surface area contributed by atoms with Gasteiger partial charge in [0, 0.05) is 31.3 Å². The first kappa shape index (κ1) is 22.5. The lowest BCUT2D eigenvalue weighted by Crippen LogP contribution is -2.28. The minimum Gasteiger partial charge on any atom is -0.491 e. The lowest BCUT2D eigenvalue weighted by atomic mass is 10.2. The molecule has 2 aromatic heterocycles. The van der Waals surface area contributed by atoms with Crippen LogP contribution in [0.15, 0.2) is 66.0 Å². The molecule has 2 heterocycles. The van der Waals surface area contributed by atoms with Crippen LogP contribution in [0.1, 0.15) is 24.3 Å². The van der Waals surface area contributed by atoms with E-state index in [0.717, 1.165) is 0 Å². The van der Waals surface area contributed by atoms with Crippen molar-refractivity contribution in [2.75, 3.05) is 16.7 Å². The van der Waals surface area contributed by atoms with Crippen molar-refractivity contribution in [2.24, 2.45) is 0 Å². The Morgan fingerprint density at radius 1 is 1.19 bits per heavy atom. The Bertz CT molecular complexity index is 1170. The third kappa shape index (κ3) is 5.50. The molecule has 31 heavy (non-hydrogen) atoms. The number of benzene rings is 1. The zero-order chi connectivity index (χ0) is 22.6. The number of anilines is 2. The summed E-state index contributed by atoms with van der Waals surface area (Å²) in [5.74, 6) is 0.0921.